The number of carbonyl (C=O) groups excluding carboxylic acids is 1. The van der Waals surface area contributed by atoms with Crippen molar-refractivity contribution < 1.29 is 14.3 Å². The molecule has 1 N–H and O–H groups in total. The number of nitrogens with one attached hydrogen (secondary N) is 1. The molecule has 166 valence electrons. The smallest absolute Gasteiger partial charge is 0.409 e. The number of aromatic nitrogens is 3. The maximum absolute atomic E-state index is 12.5. The summed E-state index contributed by atoms with van der Waals surface area (Å²) in [5.41, 5.74) is 4.61. The number of benzene rings is 2. The number of hydrogen-bond donors (Lipinski definition) is 1. The Kier molecular flexibility index (Phi) is 5.94. The second-order valence-corrected chi connectivity index (χ2v) is 7.85. The van der Waals surface area contributed by atoms with E-state index in [0.717, 1.165) is 28.9 Å². The van der Waals surface area contributed by atoms with Crippen molar-refractivity contribution in [2.45, 2.75) is 46.4 Å². The molecule has 8 nitrogen and oxygen atoms in total. The van der Waals surface area contributed by atoms with E-state index in [-0.39, 0.29) is 6.10 Å². The summed E-state index contributed by atoms with van der Waals surface area (Å²) in [7, 11) is 1.63. The van der Waals surface area contributed by atoms with Gasteiger partial charge in [0.25, 0.3) is 0 Å². The van der Waals surface area contributed by atoms with E-state index in [1.54, 1.807) is 21.0 Å². The number of aryl methyl sites for hydroxylation is 2. The van der Waals surface area contributed by atoms with Crippen LogP contribution in [0.5, 0.6) is 5.75 Å². The molecule has 0 bridgehead atoms. The molecule has 0 aliphatic carbocycles. The normalized spacial score (nSPS) is 14.8. The highest BCUT2D eigenvalue weighted by Crippen LogP contribution is 2.32. The summed E-state index contributed by atoms with van der Waals surface area (Å²) >= 11 is 0. The Balaban J connectivity index is 1.92. The molecule has 4 rings (SSSR count). The number of hydrogen-bond acceptors (Lipinski definition) is 6. The number of ether oxygens (including phenoxy) is 2. The average Bonchev–Trinajstić information content (AvgIpc) is 3.10. The number of aliphatic imine (C=N–C) groups is 1. The van der Waals surface area contributed by atoms with Crippen LogP contribution in [0.2, 0.25) is 0 Å². The molecule has 1 atom stereocenters. The molecular formula is C24H27N5O3. The molecule has 0 saturated carbocycles. The Morgan fingerprint density at radius 3 is 2.56 bits per heavy atom. The van der Waals surface area contributed by atoms with Crippen molar-refractivity contribution in [3.05, 3.63) is 70.8 Å². The maximum Gasteiger partial charge on any atom is 0.409 e. The minimum absolute atomic E-state index is 0.258. The van der Waals surface area contributed by atoms with E-state index in [9.17, 15) is 4.79 Å². The topological polar surface area (TPSA) is 90.6 Å². The number of carbonyl (C=O) groups is 1. The zero-order valence-electron chi connectivity index (χ0n) is 18.9. The van der Waals surface area contributed by atoms with E-state index < -0.39 is 12.3 Å². The second kappa shape index (κ2) is 8.82. The monoisotopic (exact) mass is 433 g/mol. The molecule has 0 radical (unpaired) electrons. The molecule has 8 heteroatoms. The second-order valence-electron chi connectivity index (χ2n) is 7.85. The third-order valence-corrected chi connectivity index (χ3v) is 5.29. The van der Waals surface area contributed by atoms with Gasteiger partial charge in [0.1, 0.15) is 11.6 Å². The molecule has 2 heterocycles. The minimum atomic E-state index is -0.776. The summed E-state index contributed by atoms with van der Waals surface area (Å²) in [5, 5.41) is 11.4. The summed E-state index contributed by atoms with van der Waals surface area (Å²) in [6, 6.07) is 14.1. The lowest BCUT2D eigenvalue weighted by atomic mass is 9.98. The molecule has 1 amide bonds. The van der Waals surface area contributed by atoms with Crippen molar-refractivity contribution in [1.82, 2.24) is 20.1 Å². The predicted molar refractivity (Wildman–Crippen MR) is 122 cm³/mol. The summed E-state index contributed by atoms with van der Waals surface area (Å²) in [6.45, 7) is 7.58. The Morgan fingerprint density at radius 2 is 1.91 bits per heavy atom. The van der Waals surface area contributed by atoms with E-state index in [4.69, 9.17) is 14.5 Å². The molecule has 1 aliphatic heterocycles. The van der Waals surface area contributed by atoms with E-state index in [1.165, 1.54) is 5.56 Å². The van der Waals surface area contributed by atoms with Crippen LogP contribution in [0.15, 0.2) is 47.5 Å². The van der Waals surface area contributed by atoms with Crippen molar-refractivity contribution in [2.24, 2.45) is 4.99 Å². The van der Waals surface area contributed by atoms with Gasteiger partial charge < -0.3 is 9.47 Å². The van der Waals surface area contributed by atoms with Gasteiger partial charge in [-0.2, -0.15) is 0 Å². The molecule has 0 spiro atoms. The number of nitrogens with zero attached hydrogens (tertiary/aromatic N) is 4. The Morgan fingerprint density at radius 1 is 1.16 bits per heavy atom. The van der Waals surface area contributed by atoms with Gasteiger partial charge in [-0.3, -0.25) is 14.9 Å². The Bertz CT molecular complexity index is 1160. The summed E-state index contributed by atoms with van der Waals surface area (Å²) in [4.78, 5) is 17.4. The van der Waals surface area contributed by atoms with Crippen molar-refractivity contribution >= 4 is 11.8 Å². The molecule has 32 heavy (non-hydrogen) atoms. The number of methoxy groups -OCH3 is 1. The number of alkyl carbamates (subject to hydrolysis) is 1. The first-order chi connectivity index (χ1) is 15.4. The fraction of sp³-hybridized carbons (Fsp3) is 0.333. The van der Waals surface area contributed by atoms with Gasteiger partial charge in [-0.05, 0) is 51.0 Å². The number of amides is 1. The quantitative estimate of drug-likeness (QED) is 0.653. The van der Waals surface area contributed by atoms with Crippen molar-refractivity contribution in [1.29, 1.82) is 0 Å². The zero-order chi connectivity index (χ0) is 22.8. The maximum atomic E-state index is 12.5. The standard InChI is InChI=1S/C24H27N5O3/c1-6-16-7-9-17(10-8-16)21-19-13-18(31-5)11-12-20(19)29-15(4)27-28-23(29)22(25-21)26-24(30)32-14(2)3/h7-14,22H,6H2,1-5H3,(H,26,30). The van der Waals surface area contributed by atoms with Gasteiger partial charge in [-0.25, -0.2) is 4.79 Å². The third-order valence-electron chi connectivity index (χ3n) is 5.29. The molecule has 0 saturated heterocycles. The van der Waals surface area contributed by atoms with Crippen LogP contribution < -0.4 is 10.1 Å². The van der Waals surface area contributed by atoms with E-state index in [0.29, 0.717) is 17.4 Å². The van der Waals surface area contributed by atoms with Gasteiger partial charge in [0, 0.05) is 11.1 Å². The first kappa shape index (κ1) is 21.5. The van der Waals surface area contributed by atoms with Crippen LogP contribution in [0.3, 0.4) is 0 Å². The average molecular weight is 434 g/mol. The molecule has 3 aromatic rings. The van der Waals surface area contributed by atoms with Crippen molar-refractivity contribution in [3.8, 4) is 11.4 Å². The Labute approximate surface area is 187 Å². The highest BCUT2D eigenvalue weighted by Gasteiger charge is 2.30. The van der Waals surface area contributed by atoms with Gasteiger partial charge >= 0.3 is 6.09 Å². The fourth-order valence-electron chi connectivity index (χ4n) is 3.72. The largest absolute Gasteiger partial charge is 0.497 e. The van der Waals surface area contributed by atoms with Crippen LogP contribution >= 0.6 is 0 Å². The van der Waals surface area contributed by atoms with Crippen LogP contribution in [0.1, 0.15) is 55.3 Å². The lowest BCUT2D eigenvalue weighted by Gasteiger charge is -2.15. The highest BCUT2D eigenvalue weighted by molar-refractivity contribution is 6.15. The summed E-state index contributed by atoms with van der Waals surface area (Å²) in [5.74, 6) is 1.91. The SMILES string of the molecule is CCc1ccc(C2=NC(NC(=O)OC(C)C)c3nnc(C)n3-c3ccc(OC)cc32)cc1. The van der Waals surface area contributed by atoms with Gasteiger partial charge in [-0.1, -0.05) is 31.2 Å². The summed E-state index contributed by atoms with van der Waals surface area (Å²) in [6.07, 6.45) is -0.651. The van der Waals surface area contributed by atoms with Gasteiger partial charge in [0.2, 0.25) is 0 Å². The lowest BCUT2D eigenvalue weighted by molar-refractivity contribution is 0.112. The Hall–Kier alpha value is -3.68. The molecule has 0 fully saturated rings. The molecular weight excluding hydrogens is 406 g/mol. The highest BCUT2D eigenvalue weighted by atomic mass is 16.6. The van der Waals surface area contributed by atoms with Crippen molar-refractivity contribution in [2.75, 3.05) is 7.11 Å². The van der Waals surface area contributed by atoms with E-state index >= 15 is 0 Å². The first-order valence-corrected chi connectivity index (χ1v) is 10.7. The molecule has 2 aromatic carbocycles. The molecule has 1 aromatic heterocycles. The summed E-state index contributed by atoms with van der Waals surface area (Å²) < 4.78 is 12.7. The van der Waals surface area contributed by atoms with Crippen LogP contribution in [0.4, 0.5) is 4.79 Å². The van der Waals surface area contributed by atoms with Crippen LogP contribution in [-0.2, 0) is 11.2 Å². The van der Waals surface area contributed by atoms with E-state index in [1.807, 2.05) is 41.8 Å². The predicted octanol–water partition coefficient (Wildman–Crippen LogP) is 4.13. The number of rotatable bonds is 5. The van der Waals surface area contributed by atoms with Crippen LogP contribution in [0.25, 0.3) is 5.69 Å². The molecule has 1 aliphatic rings. The lowest BCUT2D eigenvalue weighted by Crippen LogP contribution is -2.31. The zero-order valence-corrected chi connectivity index (χ0v) is 18.9. The van der Waals surface area contributed by atoms with E-state index in [2.05, 4.69) is 34.6 Å². The number of fused-ring (bicyclic) bond motifs is 3. The molecule has 1 unspecified atom stereocenters. The van der Waals surface area contributed by atoms with Crippen LogP contribution in [0, 0.1) is 6.92 Å². The van der Waals surface area contributed by atoms with Gasteiger partial charge in [-0.15, -0.1) is 10.2 Å². The van der Waals surface area contributed by atoms with Crippen LogP contribution in [-0.4, -0.2) is 39.8 Å². The van der Waals surface area contributed by atoms with Gasteiger partial charge in [0.05, 0.1) is 24.6 Å². The minimum Gasteiger partial charge on any atom is -0.497 e. The van der Waals surface area contributed by atoms with Crippen molar-refractivity contribution in [3.63, 3.8) is 0 Å². The van der Waals surface area contributed by atoms with Gasteiger partial charge in [0.15, 0.2) is 12.0 Å². The first-order valence-electron chi connectivity index (χ1n) is 10.7. The third kappa shape index (κ3) is 4.08. The fourth-order valence-corrected chi connectivity index (χ4v) is 3.72.